The van der Waals surface area contributed by atoms with Gasteiger partial charge in [-0.25, -0.2) is 4.39 Å². The van der Waals surface area contributed by atoms with Crippen LogP contribution in [0, 0.1) is 5.82 Å². The number of rotatable bonds is 6. The number of amides is 1. The summed E-state index contributed by atoms with van der Waals surface area (Å²) in [5.74, 6) is -0.441. The number of hydrogen-bond donors (Lipinski definition) is 1. The number of benzene rings is 1. The van der Waals surface area contributed by atoms with Crippen LogP contribution in [0.3, 0.4) is 0 Å². The van der Waals surface area contributed by atoms with E-state index in [1.165, 1.54) is 12.1 Å². The molecular formula is C14H17BrFNO3. The van der Waals surface area contributed by atoms with Gasteiger partial charge in [0.1, 0.15) is 11.9 Å². The molecule has 0 spiro atoms. The first-order chi connectivity index (χ1) is 9.69. The number of carbonyl (C=O) groups excluding carboxylic acids is 1. The van der Waals surface area contributed by atoms with Gasteiger partial charge in [-0.05, 0) is 24.1 Å². The molecular weight excluding hydrogens is 329 g/mol. The van der Waals surface area contributed by atoms with E-state index in [1.807, 2.05) is 0 Å². The highest BCUT2D eigenvalue weighted by molar-refractivity contribution is 9.09. The minimum absolute atomic E-state index is 0.0101. The highest BCUT2D eigenvalue weighted by Gasteiger charge is 2.23. The normalized spacial score (nSPS) is 19.8. The van der Waals surface area contributed by atoms with Gasteiger partial charge in [0.15, 0.2) is 0 Å². The zero-order valence-electron chi connectivity index (χ0n) is 11.0. The molecule has 0 unspecified atom stereocenters. The summed E-state index contributed by atoms with van der Waals surface area (Å²) < 4.78 is 24.5. The van der Waals surface area contributed by atoms with Crippen molar-refractivity contribution in [2.24, 2.45) is 0 Å². The average Bonchev–Trinajstić information content (AvgIpc) is 2.96. The number of carbonyl (C=O) groups is 1. The lowest BCUT2D eigenvalue weighted by Crippen LogP contribution is -2.32. The van der Waals surface area contributed by atoms with Crippen LogP contribution in [0.1, 0.15) is 18.1 Å². The van der Waals surface area contributed by atoms with Crippen LogP contribution in [0.15, 0.2) is 24.3 Å². The SMILES string of the molecule is O=C(CBr)NC[C@@H](O[C@@H]1CCOC1)c1cccc(F)c1. The number of ether oxygens (including phenoxy) is 2. The third-order valence-electron chi connectivity index (χ3n) is 3.07. The molecule has 1 fully saturated rings. The molecule has 2 rings (SSSR count). The largest absolute Gasteiger partial charge is 0.379 e. The Bertz CT molecular complexity index is 452. The molecule has 1 aliphatic rings. The Kier molecular flexibility index (Phi) is 5.94. The van der Waals surface area contributed by atoms with Gasteiger partial charge in [0, 0.05) is 13.2 Å². The quantitative estimate of drug-likeness (QED) is 0.804. The molecule has 1 N–H and O–H groups in total. The summed E-state index contributed by atoms with van der Waals surface area (Å²) >= 11 is 3.09. The summed E-state index contributed by atoms with van der Waals surface area (Å²) in [7, 11) is 0. The van der Waals surface area contributed by atoms with Gasteiger partial charge >= 0.3 is 0 Å². The van der Waals surface area contributed by atoms with Crippen LogP contribution in [0.4, 0.5) is 4.39 Å². The Labute approximate surface area is 125 Å². The topological polar surface area (TPSA) is 47.6 Å². The Balaban J connectivity index is 2.03. The van der Waals surface area contributed by atoms with Crippen LogP contribution >= 0.6 is 15.9 Å². The lowest BCUT2D eigenvalue weighted by Gasteiger charge is -2.22. The first-order valence-electron chi connectivity index (χ1n) is 6.50. The molecule has 0 aromatic heterocycles. The van der Waals surface area contributed by atoms with Gasteiger partial charge in [-0.1, -0.05) is 28.1 Å². The molecule has 2 atom stereocenters. The summed E-state index contributed by atoms with van der Waals surface area (Å²) in [5, 5.41) is 2.98. The van der Waals surface area contributed by atoms with Crippen LogP contribution in [0.5, 0.6) is 0 Å². The molecule has 0 bridgehead atoms. The zero-order chi connectivity index (χ0) is 14.4. The lowest BCUT2D eigenvalue weighted by molar-refractivity contribution is -0.119. The maximum Gasteiger partial charge on any atom is 0.230 e. The lowest BCUT2D eigenvalue weighted by atomic mass is 10.1. The van der Waals surface area contributed by atoms with Crippen molar-refractivity contribution in [3.8, 4) is 0 Å². The van der Waals surface area contributed by atoms with Crippen LogP contribution in [0.2, 0.25) is 0 Å². The zero-order valence-corrected chi connectivity index (χ0v) is 12.6. The van der Waals surface area contributed by atoms with E-state index in [0.29, 0.717) is 25.3 Å². The number of alkyl halides is 1. The summed E-state index contributed by atoms with van der Waals surface area (Å²) in [6.45, 7) is 1.52. The van der Waals surface area contributed by atoms with E-state index >= 15 is 0 Å². The van der Waals surface area contributed by atoms with E-state index in [2.05, 4.69) is 21.2 Å². The predicted octanol–water partition coefficient (Wildman–Crippen LogP) is 2.18. The Morgan fingerprint density at radius 3 is 3.10 bits per heavy atom. The molecule has 0 radical (unpaired) electrons. The minimum Gasteiger partial charge on any atom is -0.379 e. The second kappa shape index (κ2) is 7.71. The van der Waals surface area contributed by atoms with Gasteiger partial charge in [-0.15, -0.1) is 0 Å². The van der Waals surface area contributed by atoms with Gasteiger partial charge in [-0.3, -0.25) is 4.79 Å². The second-order valence-electron chi connectivity index (χ2n) is 4.60. The summed E-state index contributed by atoms with van der Waals surface area (Å²) in [4.78, 5) is 11.3. The molecule has 1 heterocycles. The molecule has 1 aliphatic heterocycles. The van der Waals surface area contributed by atoms with Crippen LogP contribution in [0.25, 0.3) is 0 Å². The van der Waals surface area contributed by atoms with E-state index < -0.39 is 0 Å². The van der Waals surface area contributed by atoms with Gasteiger partial charge < -0.3 is 14.8 Å². The van der Waals surface area contributed by atoms with Crippen molar-refractivity contribution in [3.05, 3.63) is 35.6 Å². The van der Waals surface area contributed by atoms with Gasteiger partial charge in [0.2, 0.25) is 5.91 Å². The number of halogens is 2. The molecule has 1 aromatic rings. The van der Waals surface area contributed by atoms with E-state index in [4.69, 9.17) is 9.47 Å². The first kappa shape index (κ1) is 15.4. The standard InChI is InChI=1S/C14H17BrFNO3/c15-7-14(18)17-8-13(20-12-4-5-19-9-12)10-2-1-3-11(16)6-10/h1-3,6,12-13H,4-5,7-9H2,(H,17,18)/t12-,13-/m1/s1. The monoisotopic (exact) mass is 345 g/mol. The van der Waals surface area contributed by atoms with Gasteiger partial charge in [0.25, 0.3) is 0 Å². The van der Waals surface area contributed by atoms with E-state index in [-0.39, 0.29) is 29.3 Å². The smallest absolute Gasteiger partial charge is 0.230 e. The molecule has 0 aliphatic carbocycles. The van der Waals surface area contributed by atoms with Crippen LogP contribution in [-0.4, -0.2) is 37.1 Å². The predicted molar refractivity (Wildman–Crippen MR) is 76.3 cm³/mol. The van der Waals surface area contributed by atoms with Crippen molar-refractivity contribution in [1.29, 1.82) is 0 Å². The fourth-order valence-electron chi connectivity index (χ4n) is 2.06. The van der Waals surface area contributed by atoms with Crippen LogP contribution in [-0.2, 0) is 14.3 Å². The van der Waals surface area contributed by atoms with Crippen molar-refractivity contribution >= 4 is 21.8 Å². The fourth-order valence-corrected chi connectivity index (χ4v) is 2.26. The molecule has 0 saturated carbocycles. The molecule has 1 saturated heterocycles. The van der Waals surface area contributed by atoms with Gasteiger partial charge in [0.05, 0.1) is 18.0 Å². The molecule has 6 heteroatoms. The molecule has 1 amide bonds. The van der Waals surface area contributed by atoms with Crippen molar-refractivity contribution in [3.63, 3.8) is 0 Å². The van der Waals surface area contributed by atoms with Crippen LogP contribution < -0.4 is 5.32 Å². The fraction of sp³-hybridized carbons (Fsp3) is 0.500. The van der Waals surface area contributed by atoms with Gasteiger partial charge in [-0.2, -0.15) is 0 Å². The molecule has 20 heavy (non-hydrogen) atoms. The molecule has 4 nitrogen and oxygen atoms in total. The Morgan fingerprint density at radius 2 is 2.45 bits per heavy atom. The molecule has 110 valence electrons. The van der Waals surface area contributed by atoms with E-state index in [0.717, 1.165) is 6.42 Å². The molecule has 1 aromatic carbocycles. The van der Waals surface area contributed by atoms with E-state index in [1.54, 1.807) is 12.1 Å². The van der Waals surface area contributed by atoms with E-state index in [9.17, 15) is 9.18 Å². The summed E-state index contributed by atoms with van der Waals surface area (Å²) in [6.07, 6.45) is 0.433. The third kappa shape index (κ3) is 4.54. The third-order valence-corrected chi connectivity index (χ3v) is 3.58. The summed E-state index contributed by atoms with van der Waals surface area (Å²) in [6, 6.07) is 6.25. The average molecular weight is 346 g/mol. The number of nitrogens with one attached hydrogen (secondary N) is 1. The van der Waals surface area contributed by atoms with Crippen molar-refractivity contribution < 1.29 is 18.7 Å². The highest BCUT2D eigenvalue weighted by atomic mass is 79.9. The summed E-state index contributed by atoms with van der Waals surface area (Å²) in [5.41, 5.74) is 0.715. The van der Waals surface area contributed by atoms with Crippen molar-refractivity contribution in [1.82, 2.24) is 5.32 Å². The van der Waals surface area contributed by atoms with Crippen molar-refractivity contribution in [2.75, 3.05) is 25.1 Å². The highest BCUT2D eigenvalue weighted by Crippen LogP contribution is 2.22. The maximum atomic E-state index is 13.3. The number of hydrogen-bond acceptors (Lipinski definition) is 3. The first-order valence-corrected chi connectivity index (χ1v) is 7.62. The minimum atomic E-state index is -0.375. The maximum absolute atomic E-state index is 13.3. The Hall–Kier alpha value is -0.980. The van der Waals surface area contributed by atoms with Crippen molar-refractivity contribution in [2.45, 2.75) is 18.6 Å². The Morgan fingerprint density at radius 1 is 1.60 bits per heavy atom. The second-order valence-corrected chi connectivity index (χ2v) is 5.16.